The van der Waals surface area contributed by atoms with Crippen molar-refractivity contribution in [2.75, 3.05) is 0 Å². The Balaban J connectivity index is 1.31. The Bertz CT molecular complexity index is 871. The van der Waals surface area contributed by atoms with Crippen LogP contribution in [0.5, 0.6) is 11.6 Å². The topological polar surface area (TPSA) is 71.5 Å². The van der Waals surface area contributed by atoms with E-state index in [1.165, 1.54) is 43.1 Å². The number of nitrogens with zero attached hydrogens (tertiary/aromatic N) is 1. The van der Waals surface area contributed by atoms with Gasteiger partial charge in [0.1, 0.15) is 5.75 Å². The normalized spacial score (nSPS) is 30.3. The number of hydroxylamine groups is 1. The molecule has 2 N–H and O–H groups in total. The quantitative estimate of drug-likeness (QED) is 0.595. The van der Waals surface area contributed by atoms with Crippen molar-refractivity contribution in [3.63, 3.8) is 0 Å². The van der Waals surface area contributed by atoms with Crippen LogP contribution in [0.15, 0.2) is 36.5 Å². The summed E-state index contributed by atoms with van der Waals surface area (Å²) in [5.41, 5.74) is 2.74. The van der Waals surface area contributed by atoms with Crippen molar-refractivity contribution in [2.45, 2.75) is 38.0 Å². The van der Waals surface area contributed by atoms with Gasteiger partial charge in [-0.3, -0.25) is 10.0 Å². The summed E-state index contributed by atoms with van der Waals surface area (Å²) in [7, 11) is 0. The smallest absolute Gasteiger partial charge is 0.276 e. The number of amides is 1. The van der Waals surface area contributed by atoms with E-state index in [4.69, 9.17) is 9.94 Å². The molecule has 1 amide bonds. The number of aromatic nitrogens is 1. The molecule has 4 fully saturated rings. The van der Waals surface area contributed by atoms with Gasteiger partial charge in [-0.15, -0.1) is 0 Å². The number of benzene rings is 1. The number of nitrogens with one attached hydrogen (secondary N) is 1. The number of rotatable bonds is 4. The molecule has 4 aliphatic rings. The number of pyridine rings is 1. The largest absolute Gasteiger partial charge is 0.436 e. The van der Waals surface area contributed by atoms with Crippen LogP contribution in [0, 0.1) is 29.5 Å². The molecule has 4 aliphatic carbocycles. The van der Waals surface area contributed by atoms with Gasteiger partial charge in [0.15, 0.2) is 5.82 Å². The number of hydrogen-bond acceptors (Lipinski definition) is 4. The molecule has 0 atom stereocenters. The van der Waals surface area contributed by atoms with Crippen molar-refractivity contribution in [1.29, 1.82) is 0 Å². The minimum Gasteiger partial charge on any atom is -0.436 e. The average Bonchev–Trinajstić information content (AvgIpc) is 2.69. The summed E-state index contributed by atoms with van der Waals surface area (Å²) in [5, 5.41) is 8.61. The van der Waals surface area contributed by atoms with Crippen LogP contribution in [0.1, 0.15) is 53.9 Å². The maximum absolute atomic E-state index is 14.2. The molecule has 0 unspecified atom stereocenters. The van der Waals surface area contributed by atoms with E-state index in [2.05, 4.69) is 17.1 Å². The maximum Gasteiger partial charge on any atom is 0.276 e. The highest BCUT2D eigenvalue weighted by molar-refractivity contribution is 5.93. The molecule has 0 saturated heterocycles. The van der Waals surface area contributed by atoms with Crippen molar-refractivity contribution >= 4 is 5.91 Å². The molecule has 1 aromatic heterocycles. The lowest BCUT2D eigenvalue weighted by atomic mass is 9.51. The molecule has 0 spiro atoms. The summed E-state index contributed by atoms with van der Waals surface area (Å²) in [4.78, 5) is 15.2. The van der Waals surface area contributed by atoms with E-state index in [0.717, 1.165) is 35.9 Å². The lowest BCUT2D eigenvalue weighted by molar-refractivity contribution is -0.00279. The minimum absolute atomic E-state index is 0.0791. The summed E-state index contributed by atoms with van der Waals surface area (Å²) in [5.74, 6) is 2.91. The highest BCUT2D eigenvalue weighted by Gasteiger charge is 2.48. The van der Waals surface area contributed by atoms with Gasteiger partial charge >= 0.3 is 0 Å². The van der Waals surface area contributed by atoms with E-state index in [0.29, 0.717) is 11.7 Å². The SMILES string of the molecule is O=C(NO)c1cnc(Oc2ccc(C3C4CC5CC(C4)CC3C5)cc2)c(F)c1. The third kappa shape index (κ3) is 3.05. The highest BCUT2D eigenvalue weighted by Crippen LogP contribution is 2.59. The molecular formula is C22H23FN2O3. The molecule has 6 rings (SSSR count). The molecule has 146 valence electrons. The van der Waals surface area contributed by atoms with Gasteiger partial charge in [-0.2, -0.15) is 0 Å². The van der Waals surface area contributed by atoms with E-state index in [9.17, 15) is 9.18 Å². The Hall–Kier alpha value is -2.47. The molecule has 4 bridgehead atoms. The van der Waals surface area contributed by atoms with E-state index < -0.39 is 11.7 Å². The van der Waals surface area contributed by atoms with Crippen LogP contribution < -0.4 is 10.2 Å². The van der Waals surface area contributed by atoms with E-state index in [1.54, 1.807) is 0 Å². The first-order valence-corrected chi connectivity index (χ1v) is 9.98. The monoisotopic (exact) mass is 382 g/mol. The lowest BCUT2D eigenvalue weighted by Gasteiger charge is -2.54. The van der Waals surface area contributed by atoms with Gasteiger partial charge in [0.25, 0.3) is 11.8 Å². The van der Waals surface area contributed by atoms with Gasteiger partial charge in [-0.1, -0.05) is 12.1 Å². The van der Waals surface area contributed by atoms with E-state index in [1.807, 2.05) is 12.1 Å². The van der Waals surface area contributed by atoms with Crippen LogP contribution in [0.4, 0.5) is 4.39 Å². The second-order valence-electron chi connectivity index (χ2n) is 8.58. The molecule has 5 nitrogen and oxygen atoms in total. The van der Waals surface area contributed by atoms with Gasteiger partial charge in [0.05, 0.1) is 5.56 Å². The third-order valence-corrected chi connectivity index (χ3v) is 6.88. The summed E-state index contributed by atoms with van der Waals surface area (Å²) >= 11 is 0. The van der Waals surface area contributed by atoms with Crippen LogP contribution in [-0.4, -0.2) is 16.1 Å². The molecule has 2 aromatic rings. The maximum atomic E-state index is 14.2. The fraction of sp³-hybridized carbons (Fsp3) is 0.455. The Morgan fingerprint density at radius 2 is 1.71 bits per heavy atom. The zero-order chi connectivity index (χ0) is 19.3. The van der Waals surface area contributed by atoms with Gasteiger partial charge in [0, 0.05) is 6.20 Å². The second-order valence-corrected chi connectivity index (χ2v) is 8.58. The molecule has 0 aliphatic heterocycles. The zero-order valence-electron chi connectivity index (χ0n) is 15.5. The second kappa shape index (κ2) is 6.85. The first-order valence-electron chi connectivity index (χ1n) is 9.98. The Morgan fingerprint density at radius 3 is 2.29 bits per heavy atom. The minimum atomic E-state index is -0.821. The molecule has 1 heterocycles. The number of carbonyl (C=O) groups is 1. The predicted octanol–water partition coefficient (Wildman–Crippen LogP) is 4.67. The van der Waals surface area contributed by atoms with Crippen LogP contribution in [0.3, 0.4) is 0 Å². The fourth-order valence-electron chi connectivity index (χ4n) is 6.03. The van der Waals surface area contributed by atoms with E-state index in [-0.39, 0.29) is 11.4 Å². The number of ether oxygens (including phenoxy) is 1. The van der Waals surface area contributed by atoms with Gasteiger partial charge in [0.2, 0.25) is 0 Å². The van der Waals surface area contributed by atoms with Gasteiger partial charge < -0.3 is 4.74 Å². The van der Waals surface area contributed by atoms with E-state index >= 15 is 0 Å². The molecule has 1 aromatic carbocycles. The first kappa shape index (κ1) is 17.6. The summed E-state index contributed by atoms with van der Waals surface area (Å²) in [6.07, 6.45) is 8.10. The zero-order valence-corrected chi connectivity index (χ0v) is 15.5. The van der Waals surface area contributed by atoms with Gasteiger partial charge in [-0.05, 0) is 85.5 Å². The van der Waals surface area contributed by atoms with Crippen molar-refractivity contribution in [3.05, 3.63) is 53.5 Å². The molecule has 28 heavy (non-hydrogen) atoms. The van der Waals surface area contributed by atoms with Crippen LogP contribution >= 0.6 is 0 Å². The lowest BCUT2D eigenvalue weighted by Crippen LogP contribution is -2.43. The number of halogens is 1. The van der Waals surface area contributed by atoms with Crippen molar-refractivity contribution < 1.29 is 19.1 Å². The Labute approximate surface area is 162 Å². The van der Waals surface area contributed by atoms with Gasteiger partial charge in [-0.25, -0.2) is 14.9 Å². The standard InChI is InChI=1S/C22H23FN2O3/c23-19-10-17(21(26)25-27)11-24-22(19)28-18-3-1-14(2-4-18)20-15-6-12-5-13(8-15)9-16(20)7-12/h1-4,10-13,15-16,20,27H,5-9H2,(H,25,26). The van der Waals surface area contributed by atoms with Crippen molar-refractivity contribution in [3.8, 4) is 11.6 Å². The highest BCUT2D eigenvalue weighted by atomic mass is 19.1. The molecular weight excluding hydrogens is 359 g/mol. The summed E-state index contributed by atoms with van der Waals surface area (Å²) in [6.45, 7) is 0. The average molecular weight is 382 g/mol. The molecule has 0 radical (unpaired) electrons. The first-order chi connectivity index (χ1) is 13.6. The number of hydrogen-bond donors (Lipinski definition) is 2. The fourth-order valence-corrected chi connectivity index (χ4v) is 6.03. The predicted molar refractivity (Wildman–Crippen MR) is 99.7 cm³/mol. The third-order valence-electron chi connectivity index (χ3n) is 6.88. The number of carbonyl (C=O) groups excluding carboxylic acids is 1. The summed E-state index contributed by atoms with van der Waals surface area (Å²) in [6, 6.07) is 8.93. The van der Waals surface area contributed by atoms with Crippen LogP contribution in [0.25, 0.3) is 0 Å². The van der Waals surface area contributed by atoms with Crippen LogP contribution in [0.2, 0.25) is 0 Å². The Morgan fingerprint density at radius 1 is 1.07 bits per heavy atom. The molecule has 4 saturated carbocycles. The van der Waals surface area contributed by atoms with Crippen LogP contribution in [-0.2, 0) is 0 Å². The Kier molecular flexibility index (Phi) is 4.31. The molecule has 6 heteroatoms. The van der Waals surface area contributed by atoms with Crippen molar-refractivity contribution in [1.82, 2.24) is 10.5 Å². The summed E-state index contributed by atoms with van der Waals surface area (Å²) < 4.78 is 19.7. The van der Waals surface area contributed by atoms with Crippen molar-refractivity contribution in [2.24, 2.45) is 23.7 Å².